The van der Waals surface area contributed by atoms with Crippen LogP contribution in [0.5, 0.6) is 0 Å². The molecule has 1 aromatic heterocycles. The first-order valence-electron chi connectivity index (χ1n) is 19.9. The summed E-state index contributed by atoms with van der Waals surface area (Å²) in [5.74, 6) is -2.66. The number of aromatic nitrogens is 2. The molecule has 0 saturated carbocycles. The Morgan fingerprint density at radius 3 is 2.27 bits per heavy atom. The van der Waals surface area contributed by atoms with Gasteiger partial charge in [0.2, 0.25) is 27.7 Å². The van der Waals surface area contributed by atoms with Gasteiger partial charge < -0.3 is 20.9 Å². The van der Waals surface area contributed by atoms with Crippen molar-refractivity contribution < 1.29 is 37.2 Å². The highest BCUT2D eigenvalue weighted by Gasteiger charge is 2.45. The van der Waals surface area contributed by atoms with Crippen molar-refractivity contribution >= 4 is 62.7 Å². The molecule has 1 atom stereocenters. The number of para-hydroxylation sites is 1. The van der Waals surface area contributed by atoms with Gasteiger partial charge in [-0.3, -0.25) is 39.0 Å². The van der Waals surface area contributed by atoms with Gasteiger partial charge in [0, 0.05) is 62.5 Å². The zero-order valence-corrected chi connectivity index (χ0v) is 33.6. The summed E-state index contributed by atoms with van der Waals surface area (Å²) in [6.45, 7) is 2.40. The maximum Gasteiger partial charge on any atom is 0.278 e. The number of carbonyl (C=O) groups excluding carboxylic acids is 6. The van der Waals surface area contributed by atoms with E-state index in [2.05, 4.69) is 30.2 Å². The zero-order valence-electron chi connectivity index (χ0n) is 32.8. The molecule has 0 aliphatic carbocycles. The second kappa shape index (κ2) is 18.2. The van der Waals surface area contributed by atoms with Crippen LogP contribution in [-0.4, -0.2) is 102 Å². The predicted molar refractivity (Wildman–Crippen MR) is 221 cm³/mol. The fourth-order valence-corrected chi connectivity index (χ4v) is 8.54. The summed E-state index contributed by atoms with van der Waals surface area (Å²) in [4.78, 5) is 89.4. The number of rotatable bonds is 15. The number of fused-ring (bicyclic) bond motifs is 1. The number of nitrogens with zero attached hydrogens (tertiary/aromatic N) is 5. The summed E-state index contributed by atoms with van der Waals surface area (Å²) >= 11 is 0. The first-order valence-corrected chi connectivity index (χ1v) is 21.4. The number of carbonyl (C=O) groups is 6. The van der Waals surface area contributed by atoms with Gasteiger partial charge in [-0.2, -0.15) is 0 Å². The number of hydrogen-bond donors (Lipinski definition) is 4. The highest BCUT2D eigenvalue weighted by Crippen LogP contribution is 2.31. The van der Waals surface area contributed by atoms with E-state index in [1.807, 2.05) is 11.0 Å². The number of nitrogen functional groups attached to an aromatic ring is 1. The second-order valence-corrected chi connectivity index (χ2v) is 16.6. The quantitative estimate of drug-likeness (QED) is 0.0998. The average Bonchev–Trinajstić information content (AvgIpc) is 3.50. The van der Waals surface area contributed by atoms with Crippen molar-refractivity contribution in [1.29, 1.82) is 0 Å². The summed E-state index contributed by atoms with van der Waals surface area (Å²) in [6.07, 6.45) is 5.82. The van der Waals surface area contributed by atoms with E-state index in [9.17, 15) is 37.2 Å². The number of nitrogens with two attached hydrogens (primary N) is 1. The lowest BCUT2D eigenvalue weighted by atomic mass is 10.0. The largest absolute Gasteiger partial charge is 0.382 e. The number of amides is 6. The predicted octanol–water partition coefficient (Wildman–Crippen LogP) is 3.35. The van der Waals surface area contributed by atoms with Gasteiger partial charge in [0.1, 0.15) is 6.04 Å². The molecule has 3 aliphatic heterocycles. The van der Waals surface area contributed by atoms with E-state index in [0.717, 1.165) is 36.3 Å². The molecule has 3 aliphatic rings. The minimum absolute atomic E-state index is 0.0318. The number of unbranched alkanes of at least 4 members (excludes halogenated alkanes) is 4. The molecular weight excluding hydrogens is 791 g/mol. The van der Waals surface area contributed by atoms with Crippen LogP contribution in [0.2, 0.25) is 0 Å². The van der Waals surface area contributed by atoms with Crippen molar-refractivity contribution in [2.45, 2.75) is 62.3 Å². The number of piperidine rings is 1. The minimum Gasteiger partial charge on any atom is -0.382 e. The number of piperazine rings is 1. The van der Waals surface area contributed by atoms with Crippen LogP contribution >= 0.6 is 0 Å². The maximum absolute atomic E-state index is 13.2. The molecule has 4 aromatic rings. The fourth-order valence-electron chi connectivity index (χ4n) is 7.47. The molecule has 312 valence electrons. The van der Waals surface area contributed by atoms with E-state index in [4.69, 9.17) is 5.73 Å². The van der Waals surface area contributed by atoms with Crippen LogP contribution < -0.4 is 26.0 Å². The molecule has 4 heterocycles. The number of sulfonamides is 1. The van der Waals surface area contributed by atoms with Gasteiger partial charge >= 0.3 is 0 Å². The highest BCUT2D eigenvalue weighted by atomic mass is 32.2. The summed E-state index contributed by atoms with van der Waals surface area (Å²) in [6, 6.07) is 19.0. The van der Waals surface area contributed by atoms with Gasteiger partial charge in [0.15, 0.2) is 11.5 Å². The number of nitrogens with one attached hydrogen (secondary N) is 3. The average molecular weight is 836 g/mol. The van der Waals surface area contributed by atoms with Gasteiger partial charge in [0.05, 0.1) is 27.9 Å². The summed E-state index contributed by atoms with van der Waals surface area (Å²) in [5, 5.41) is 4.93. The van der Waals surface area contributed by atoms with Crippen molar-refractivity contribution in [2.75, 3.05) is 48.7 Å². The maximum atomic E-state index is 13.2. The van der Waals surface area contributed by atoms with Crippen LogP contribution in [-0.2, 0) is 24.4 Å². The van der Waals surface area contributed by atoms with Gasteiger partial charge in [-0.1, -0.05) is 49.6 Å². The first-order chi connectivity index (χ1) is 28.9. The lowest BCUT2D eigenvalue weighted by molar-refractivity contribution is -0.136. The van der Waals surface area contributed by atoms with E-state index in [-0.39, 0.29) is 52.8 Å². The minimum atomic E-state index is -3.76. The van der Waals surface area contributed by atoms with Crippen LogP contribution in [0.3, 0.4) is 0 Å². The number of benzene rings is 3. The third-order valence-electron chi connectivity index (χ3n) is 10.8. The Hall–Kier alpha value is -6.53. The molecule has 60 heavy (non-hydrogen) atoms. The van der Waals surface area contributed by atoms with Crippen molar-refractivity contribution in [3.63, 3.8) is 0 Å². The highest BCUT2D eigenvalue weighted by molar-refractivity contribution is 7.89. The second-order valence-electron chi connectivity index (χ2n) is 14.8. The summed E-state index contributed by atoms with van der Waals surface area (Å²) in [5.41, 5.74) is 8.57. The monoisotopic (exact) mass is 835 g/mol. The fraction of sp³-hybridized carbons (Fsp3) is 0.333. The van der Waals surface area contributed by atoms with Gasteiger partial charge in [-0.25, -0.2) is 23.1 Å². The van der Waals surface area contributed by atoms with E-state index in [1.54, 1.807) is 54.6 Å². The van der Waals surface area contributed by atoms with Crippen LogP contribution in [0.4, 0.5) is 17.2 Å². The lowest BCUT2D eigenvalue weighted by Gasteiger charge is -2.36. The molecule has 3 aromatic carbocycles. The van der Waals surface area contributed by atoms with E-state index < -0.39 is 45.6 Å². The van der Waals surface area contributed by atoms with Crippen molar-refractivity contribution in [1.82, 2.24) is 29.8 Å². The topological polar surface area (TPSA) is 234 Å². The Bertz CT molecular complexity index is 2420. The van der Waals surface area contributed by atoms with Gasteiger partial charge in [-0.15, -0.1) is 0 Å². The lowest BCUT2D eigenvalue weighted by Crippen LogP contribution is -2.54. The third-order valence-corrected chi connectivity index (χ3v) is 12.3. The van der Waals surface area contributed by atoms with Crippen molar-refractivity contribution in [2.24, 2.45) is 0 Å². The summed E-state index contributed by atoms with van der Waals surface area (Å²) in [7, 11) is -3.76. The number of anilines is 3. The van der Waals surface area contributed by atoms with E-state index in [0.29, 0.717) is 56.0 Å². The number of imide groups is 2. The Morgan fingerprint density at radius 2 is 1.53 bits per heavy atom. The molecule has 0 radical (unpaired) electrons. The molecule has 6 amide bonds. The molecule has 17 nitrogen and oxygen atoms in total. The van der Waals surface area contributed by atoms with Crippen LogP contribution in [0, 0.1) is 0 Å². The van der Waals surface area contributed by atoms with Crippen LogP contribution in [0.15, 0.2) is 83.9 Å². The van der Waals surface area contributed by atoms with Crippen LogP contribution in [0.1, 0.15) is 82.6 Å². The molecule has 0 bridgehead atoms. The van der Waals surface area contributed by atoms with Crippen molar-refractivity contribution in [3.05, 3.63) is 95.8 Å². The third kappa shape index (κ3) is 9.34. The molecule has 2 saturated heterocycles. The Morgan fingerprint density at radius 1 is 0.833 bits per heavy atom. The molecule has 0 spiro atoms. The normalized spacial score (nSPS) is 16.8. The molecule has 1 unspecified atom stereocenters. The molecule has 5 N–H and O–H groups in total. The van der Waals surface area contributed by atoms with E-state index in [1.165, 1.54) is 18.3 Å². The first kappa shape index (κ1) is 41.6. The van der Waals surface area contributed by atoms with E-state index >= 15 is 0 Å². The van der Waals surface area contributed by atoms with Gasteiger partial charge in [-0.05, 0) is 61.7 Å². The van der Waals surface area contributed by atoms with Crippen LogP contribution in [0.25, 0.3) is 11.3 Å². The Labute approximate surface area is 346 Å². The SMILES string of the molecule is Nc1ncc(-c2ccc(S(=O)(=O)NCCCCCCCC(=O)N3CCN(c4ccc5c(c4)C(=O)N(C4CCC(=O)NC4=O)C5=O)CC3)cc2)nc1C(=O)Nc1ccccc1. The van der Waals surface area contributed by atoms with Crippen molar-refractivity contribution in [3.8, 4) is 11.3 Å². The molecule has 2 fully saturated rings. The standard InChI is InChI=1S/C42H45N9O8S/c43-38-37(40(55)46-28-9-5-4-6-10-28)47-33(26-44-38)27-12-15-30(16-13-27)60(58,59)45-20-8-3-1-2-7-11-36(53)50-23-21-49(22-24-50)29-14-17-31-32(25-29)42(57)51(41(31)56)34-18-19-35(52)48-39(34)54/h4-6,9-10,12-17,25-26,34,45H,1-3,7-8,11,18-24H2,(H2,43,44)(H,46,55)(H,48,52,54). The molecule has 7 rings (SSSR count). The zero-order chi connectivity index (χ0) is 42.4. The summed E-state index contributed by atoms with van der Waals surface area (Å²) < 4.78 is 28.6. The molecule has 18 heteroatoms. The Kier molecular flexibility index (Phi) is 12.6. The Balaban J connectivity index is 0.791. The number of hydrogen-bond acceptors (Lipinski definition) is 12. The van der Waals surface area contributed by atoms with Gasteiger partial charge in [0.25, 0.3) is 17.7 Å². The molecular formula is C42H45N9O8S. The smallest absolute Gasteiger partial charge is 0.278 e.